The van der Waals surface area contributed by atoms with E-state index in [1.165, 1.54) is 12.1 Å². The summed E-state index contributed by atoms with van der Waals surface area (Å²) in [5, 5.41) is 10.1. The van der Waals surface area contributed by atoms with Crippen molar-refractivity contribution in [2.24, 2.45) is 0 Å². The minimum atomic E-state index is -4.40. The molecule has 0 saturated carbocycles. The zero-order valence-electron chi connectivity index (χ0n) is 13.5. The fourth-order valence-corrected chi connectivity index (χ4v) is 2.59. The first-order chi connectivity index (χ1) is 12.4. The van der Waals surface area contributed by atoms with Gasteiger partial charge in [0.15, 0.2) is 5.11 Å². The van der Waals surface area contributed by atoms with Gasteiger partial charge in [-0.15, -0.1) is 0 Å². The van der Waals surface area contributed by atoms with Gasteiger partial charge in [-0.05, 0) is 36.0 Å². The quantitative estimate of drug-likeness (QED) is 0.645. The summed E-state index contributed by atoms with van der Waals surface area (Å²) in [7, 11) is 0. The highest BCUT2D eigenvalue weighted by atomic mass is 32.1. The van der Waals surface area contributed by atoms with Crippen LogP contribution in [-0.4, -0.2) is 14.9 Å². The molecule has 0 unspecified atom stereocenters. The highest BCUT2D eigenvalue weighted by molar-refractivity contribution is 7.80. The van der Waals surface area contributed by atoms with E-state index < -0.39 is 11.7 Å². The van der Waals surface area contributed by atoms with E-state index in [1.54, 1.807) is 17.1 Å². The van der Waals surface area contributed by atoms with E-state index in [0.717, 1.165) is 17.7 Å². The summed E-state index contributed by atoms with van der Waals surface area (Å²) in [4.78, 5) is 0. The first kappa shape index (κ1) is 17.9. The number of nitrogens with one attached hydrogen (secondary N) is 2. The molecule has 3 aromatic rings. The number of aromatic nitrogens is 2. The van der Waals surface area contributed by atoms with Gasteiger partial charge >= 0.3 is 6.18 Å². The molecular weight excluding hydrogens is 361 g/mol. The topological polar surface area (TPSA) is 41.9 Å². The molecule has 4 nitrogen and oxygen atoms in total. The lowest BCUT2D eigenvalue weighted by molar-refractivity contribution is -0.137. The Hall–Kier alpha value is -2.87. The van der Waals surface area contributed by atoms with Crippen LogP contribution >= 0.6 is 12.2 Å². The molecule has 0 atom stereocenters. The number of rotatable bonds is 4. The zero-order chi connectivity index (χ0) is 18.6. The maximum Gasteiger partial charge on any atom is 0.416 e. The van der Waals surface area contributed by atoms with Gasteiger partial charge in [0.2, 0.25) is 0 Å². The van der Waals surface area contributed by atoms with Crippen LogP contribution in [0, 0.1) is 0 Å². The normalized spacial score (nSPS) is 11.2. The summed E-state index contributed by atoms with van der Waals surface area (Å²) < 4.78 is 40.0. The van der Waals surface area contributed by atoms with E-state index in [0.29, 0.717) is 12.2 Å². The van der Waals surface area contributed by atoms with E-state index >= 15 is 0 Å². The molecule has 0 saturated heterocycles. The number of alkyl halides is 3. The molecule has 134 valence electrons. The SMILES string of the molecule is FC(F)(F)c1cccc(NC(=S)Nc2cnn(Cc3ccccc3)c2)c1. The Kier molecular flexibility index (Phi) is 5.22. The van der Waals surface area contributed by atoms with E-state index in [4.69, 9.17) is 12.2 Å². The largest absolute Gasteiger partial charge is 0.416 e. The monoisotopic (exact) mass is 376 g/mol. The summed E-state index contributed by atoms with van der Waals surface area (Å²) in [5.41, 5.74) is 1.27. The summed E-state index contributed by atoms with van der Waals surface area (Å²) in [6.45, 7) is 0.607. The molecule has 3 rings (SSSR count). The predicted molar refractivity (Wildman–Crippen MR) is 99.1 cm³/mol. The molecule has 0 aliphatic carbocycles. The Morgan fingerprint density at radius 3 is 2.46 bits per heavy atom. The molecular formula is C18H15F3N4S. The van der Waals surface area contributed by atoms with E-state index in [1.807, 2.05) is 30.3 Å². The number of hydrogen-bond donors (Lipinski definition) is 2. The third kappa shape index (κ3) is 4.82. The molecule has 0 bridgehead atoms. The van der Waals surface area contributed by atoms with Gasteiger partial charge in [0.05, 0.1) is 24.0 Å². The van der Waals surface area contributed by atoms with Crippen molar-refractivity contribution in [1.29, 1.82) is 0 Å². The van der Waals surface area contributed by atoms with Crippen LogP contribution in [0.5, 0.6) is 0 Å². The summed E-state index contributed by atoms with van der Waals surface area (Å²) in [6, 6.07) is 14.7. The molecule has 8 heteroatoms. The standard InChI is InChI=1S/C18H15F3N4S/c19-18(20,21)14-7-4-8-15(9-14)23-17(26)24-16-10-22-25(12-16)11-13-5-2-1-3-6-13/h1-10,12H,11H2,(H2,23,24,26). The fourth-order valence-electron chi connectivity index (χ4n) is 2.35. The Labute approximate surface area is 153 Å². The van der Waals surface area contributed by atoms with E-state index in [9.17, 15) is 13.2 Å². The Bertz CT molecular complexity index is 891. The number of thiocarbonyl (C=S) groups is 1. The Balaban J connectivity index is 1.60. The van der Waals surface area contributed by atoms with Crippen LogP contribution in [-0.2, 0) is 12.7 Å². The number of hydrogen-bond acceptors (Lipinski definition) is 2. The number of halogens is 3. The Morgan fingerprint density at radius 2 is 1.73 bits per heavy atom. The van der Waals surface area contributed by atoms with Crippen LogP contribution in [0.15, 0.2) is 67.0 Å². The smallest absolute Gasteiger partial charge is 0.332 e. The maximum atomic E-state index is 12.7. The molecule has 2 N–H and O–H groups in total. The van der Waals surface area contributed by atoms with Gasteiger partial charge in [-0.25, -0.2) is 0 Å². The van der Waals surface area contributed by atoms with Gasteiger partial charge in [-0.3, -0.25) is 4.68 Å². The molecule has 2 aromatic carbocycles. The van der Waals surface area contributed by atoms with Crippen molar-refractivity contribution in [3.63, 3.8) is 0 Å². The molecule has 0 aliphatic rings. The van der Waals surface area contributed by atoms with Gasteiger partial charge in [-0.1, -0.05) is 36.4 Å². The van der Waals surface area contributed by atoms with Gasteiger partial charge in [0.1, 0.15) is 0 Å². The molecule has 1 aromatic heterocycles. The first-order valence-electron chi connectivity index (χ1n) is 7.72. The van der Waals surface area contributed by atoms with Crippen molar-refractivity contribution in [2.75, 3.05) is 10.6 Å². The second-order valence-electron chi connectivity index (χ2n) is 5.57. The van der Waals surface area contributed by atoms with Crippen molar-refractivity contribution >= 4 is 28.7 Å². The second kappa shape index (κ2) is 7.57. The number of benzene rings is 2. The van der Waals surface area contributed by atoms with Crippen LogP contribution in [0.2, 0.25) is 0 Å². The Morgan fingerprint density at radius 1 is 1.00 bits per heavy atom. The third-order valence-electron chi connectivity index (χ3n) is 3.53. The zero-order valence-corrected chi connectivity index (χ0v) is 14.3. The van der Waals surface area contributed by atoms with Crippen molar-refractivity contribution < 1.29 is 13.2 Å². The molecule has 26 heavy (non-hydrogen) atoms. The first-order valence-corrected chi connectivity index (χ1v) is 8.12. The molecule has 0 amide bonds. The highest BCUT2D eigenvalue weighted by Crippen LogP contribution is 2.30. The van der Waals surface area contributed by atoms with E-state index in [-0.39, 0.29) is 10.8 Å². The summed E-state index contributed by atoms with van der Waals surface area (Å²) in [6.07, 6.45) is -1.03. The third-order valence-corrected chi connectivity index (χ3v) is 3.73. The van der Waals surface area contributed by atoms with E-state index in [2.05, 4.69) is 15.7 Å². The van der Waals surface area contributed by atoms with Crippen LogP contribution in [0.3, 0.4) is 0 Å². The van der Waals surface area contributed by atoms with Crippen molar-refractivity contribution in [3.8, 4) is 0 Å². The summed E-state index contributed by atoms with van der Waals surface area (Å²) >= 11 is 5.15. The lowest BCUT2D eigenvalue weighted by Gasteiger charge is -2.11. The highest BCUT2D eigenvalue weighted by Gasteiger charge is 2.30. The second-order valence-corrected chi connectivity index (χ2v) is 5.98. The van der Waals surface area contributed by atoms with Crippen molar-refractivity contribution in [1.82, 2.24) is 9.78 Å². The summed E-state index contributed by atoms with van der Waals surface area (Å²) in [5.74, 6) is 0. The maximum absolute atomic E-state index is 12.7. The fraction of sp³-hybridized carbons (Fsp3) is 0.111. The van der Waals surface area contributed by atoms with Gasteiger partial charge in [0.25, 0.3) is 0 Å². The molecule has 1 heterocycles. The van der Waals surface area contributed by atoms with Crippen LogP contribution in [0.1, 0.15) is 11.1 Å². The molecule has 0 aliphatic heterocycles. The van der Waals surface area contributed by atoms with Gasteiger partial charge in [-0.2, -0.15) is 18.3 Å². The molecule has 0 fully saturated rings. The predicted octanol–water partition coefficient (Wildman–Crippen LogP) is 4.76. The van der Waals surface area contributed by atoms with Crippen LogP contribution in [0.25, 0.3) is 0 Å². The molecule has 0 spiro atoms. The molecule has 0 radical (unpaired) electrons. The van der Waals surface area contributed by atoms with Crippen molar-refractivity contribution in [3.05, 3.63) is 78.1 Å². The number of nitrogens with zero attached hydrogens (tertiary/aromatic N) is 2. The van der Waals surface area contributed by atoms with Crippen molar-refractivity contribution in [2.45, 2.75) is 12.7 Å². The minimum absolute atomic E-state index is 0.184. The number of anilines is 2. The van der Waals surface area contributed by atoms with Crippen LogP contribution < -0.4 is 10.6 Å². The van der Waals surface area contributed by atoms with Gasteiger partial charge in [0, 0.05) is 11.9 Å². The van der Waals surface area contributed by atoms with Crippen LogP contribution in [0.4, 0.5) is 24.5 Å². The average Bonchev–Trinajstić information content (AvgIpc) is 3.02. The average molecular weight is 376 g/mol. The lowest BCUT2D eigenvalue weighted by atomic mass is 10.2. The van der Waals surface area contributed by atoms with Gasteiger partial charge < -0.3 is 10.6 Å². The minimum Gasteiger partial charge on any atom is -0.332 e. The lowest BCUT2D eigenvalue weighted by Crippen LogP contribution is -2.19.